The van der Waals surface area contributed by atoms with Gasteiger partial charge in [0.15, 0.2) is 5.78 Å². The molecule has 0 aromatic carbocycles. The van der Waals surface area contributed by atoms with E-state index >= 15 is 0 Å². The van der Waals surface area contributed by atoms with Gasteiger partial charge in [0.2, 0.25) is 0 Å². The van der Waals surface area contributed by atoms with Crippen LogP contribution in [0.3, 0.4) is 0 Å². The molecule has 0 saturated heterocycles. The Kier molecular flexibility index (Phi) is 2.76. The van der Waals surface area contributed by atoms with Gasteiger partial charge in [-0.1, -0.05) is 37.2 Å². The van der Waals surface area contributed by atoms with Crippen molar-refractivity contribution in [2.45, 2.75) is 65.2 Å². The Hall–Kier alpha value is -0.590. The van der Waals surface area contributed by atoms with E-state index in [0.29, 0.717) is 16.6 Å². The molecule has 5 atom stereocenters. The minimum absolute atomic E-state index is 0.342. The molecule has 4 rings (SSSR count). The molecule has 0 amide bonds. The van der Waals surface area contributed by atoms with Crippen molar-refractivity contribution in [3.05, 3.63) is 18.1 Å². The number of hydrogen-bond donors (Lipinski definition) is 0. The molecule has 3 fully saturated rings. The van der Waals surface area contributed by atoms with E-state index in [1.165, 1.54) is 44.1 Å². The molecule has 110 valence electrons. The lowest BCUT2D eigenvalue weighted by Gasteiger charge is -2.60. The molecule has 0 radical (unpaired) electrons. The summed E-state index contributed by atoms with van der Waals surface area (Å²) >= 11 is 0. The molecule has 1 nitrogen and oxygen atoms in total. The maximum atomic E-state index is 11.8. The summed E-state index contributed by atoms with van der Waals surface area (Å²) in [6, 6.07) is 0. The van der Waals surface area contributed by atoms with Crippen molar-refractivity contribution in [2.75, 3.05) is 0 Å². The van der Waals surface area contributed by atoms with Gasteiger partial charge in [-0.15, -0.1) is 0 Å². The van der Waals surface area contributed by atoms with E-state index in [-0.39, 0.29) is 0 Å². The fourth-order valence-corrected chi connectivity index (χ4v) is 6.23. The number of fused-ring (bicyclic) bond motifs is 5. The van der Waals surface area contributed by atoms with Gasteiger partial charge in [0.25, 0.3) is 0 Å². The van der Waals surface area contributed by atoms with Crippen LogP contribution in [0, 0.1) is 35.0 Å². The van der Waals surface area contributed by atoms with E-state index in [1.807, 2.05) is 6.08 Å². The maximum Gasteiger partial charge on any atom is 0.155 e. The number of rotatable bonds is 0. The van der Waals surface area contributed by atoms with Gasteiger partial charge < -0.3 is 6.42 Å². The highest BCUT2D eigenvalue weighted by atomic mass is 16.1. The molecule has 0 spiro atoms. The van der Waals surface area contributed by atoms with Crippen LogP contribution in [0.2, 0.25) is 0 Å². The Labute approximate surface area is 123 Å². The summed E-state index contributed by atoms with van der Waals surface area (Å²) in [6.45, 7) is 5.01. The van der Waals surface area contributed by atoms with Crippen LogP contribution in [0.4, 0.5) is 0 Å². The smallest absolute Gasteiger partial charge is 0.155 e. The quantitative estimate of drug-likeness (QED) is 0.582. The van der Waals surface area contributed by atoms with Gasteiger partial charge >= 0.3 is 0 Å². The van der Waals surface area contributed by atoms with E-state index in [0.717, 1.165) is 30.6 Å². The largest absolute Gasteiger partial charge is 0.325 e. The number of hydrogen-bond acceptors (Lipinski definition) is 1. The van der Waals surface area contributed by atoms with Crippen molar-refractivity contribution < 1.29 is 4.79 Å². The SMILES string of the molecule is C[C@@]12CC[CH-][C@H]1[C@@H]1CCC3=CC(=O)CC[C@]3(C)[C@H]1CC2. The van der Waals surface area contributed by atoms with Gasteiger partial charge in [0, 0.05) is 6.42 Å². The molecule has 4 aliphatic carbocycles. The minimum atomic E-state index is 0.342. The van der Waals surface area contributed by atoms with E-state index in [4.69, 9.17) is 0 Å². The average molecular weight is 271 g/mol. The number of ketones is 1. The van der Waals surface area contributed by atoms with Gasteiger partial charge in [-0.3, -0.25) is 4.79 Å². The second-order valence-electron chi connectivity index (χ2n) is 8.36. The predicted molar refractivity (Wildman–Crippen MR) is 81.0 cm³/mol. The summed E-state index contributed by atoms with van der Waals surface area (Å²) in [7, 11) is 0. The van der Waals surface area contributed by atoms with Gasteiger partial charge in [-0.2, -0.15) is 12.3 Å². The van der Waals surface area contributed by atoms with Crippen molar-refractivity contribution in [2.24, 2.45) is 28.6 Å². The number of allylic oxidation sites excluding steroid dienone is 1. The van der Waals surface area contributed by atoms with Gasteiger partial charge in [0.05, 0.1) is 0 Å². The van der Waals surface area contributed by atoms with E-state index in [2.05, 4.69) is 20.3 Å². The topological polar surface area (TPSA) is 17.1 Å². The number of carbonyl (C=O) groups excluding carboxylic acids is 1. The first-order chi connectivity index (χ1) is 9.53. The van der Waals surface area contributed by atoms with Crippen LogP contribution < -0.4 is 0 Å². The molecule has 0 aromatic rings. The molecule has 4 aliphatic rings. The second-order valence-corrected chi connectivity index (χ2v) is 8.36. The van der Waals surface area contributed by atoms with Crippen LogP contribution in [-0.2, 0) is 4.79 Å². The standard InChI is InChI=1S/C19H27O/c1-18-9-3-4-16(18)15-6-5-13-12-14(20)7-11-19(13,2)17(15)8-10-18/h4,12,15-17H,3,5-11H2,1-2H3/q-1/t15-,16-,17-,18-,19-/m0/s1. The van der Waals surface area contributed by atoms with Crippen molar-refractivity contribution >= 4 is 5.78 Å². The lowest BCUT2D eigenvalue weighted by molar-refractivity contribution is -0.117. The lowest BCUT2D eigenvalue weighted by atomic mass is 9.47. The summed E-state index contributed by atoms with van der Waals surface area (Å²) in [5.41, 5.74) is 2.44. The summed E-state index contributed by atoms with van der Waals surface area (Å²) in [5.74, 6) is 2.97. The van der Waals surface area contributed by atoms with Crippen LogP contribution in [0.15, 0.2) is 11.6 Å². The van der Waals surface area contributed by atoms with E-state index in [9.17, 15) is 4.79 Å². The second kappa shape index (κ2) is 4.21. The van der Waals surface area contributed by atoms with Crippen molar-refractivity contribution in [3.63, 3.8) is 0 Å². The van der Waals surface area contributed by atoms with Crippen molar-refractivity contribution in [1.82, 2.24) is 0 Å². The van der Waals surface area contributed by atoms with Crippen LogP contribution in [0.5, 0.6) is 0 Å². The monoisotopic (exact) mass is 271 g/mol. The molecule has 0 unspecified atom stereocenters. The Morgan fingerprint density at radius 3 is 2.85 bits per heavy atom. The molecule has 0 heterocycles. The average Bonchev–Trinajstić information content (AvgIpc) is 2.81. The highest BCUT2D eigenvalue weighted by Gasteiger charge is 2.52. The molecule has 0 bridgehead atoms. The Balaban J connectivity index is 1.69. The Morgan fingerprint density at radius 1 is 1.15 bits per heavy atom. The third kappa shape index (κ3) is 1.64. The zero-order valence-electron chi connectivity index (χ0n) is 13.0. The van der Waals surface area contributed by atoms with Crippen LogP contribution in [0.1, 0.15) is 65.2 Å². The third-order valence-corrected chi connectivity index (χ3v) is 7.47. The van der Waals surface area contributed by atoms with Gasteiger partial charge in [-0.05, 0) is 49.5 Å². The highest BCUT2D eigenvalue weighted by Crippen LogP contribution is 2.64. The molecule has 3 saturated carbocycles. The first kappa shape index (κ1) is 13.1. The summed E-state index contributed by atoms with van der Waals surface area (Å²) < 4.78 is 0. The summed E-state index contributed by atoms with van der Waals surface area (Å²) in [5, 5.41) is 0. The molecule has 0 N–H and O–H groups in total. The van der Waals surface area contributed by atoms with Crippen LogP contribution in [-0.4, -0.2) is 5.78 Å². The minimum Gasteiger partial charge on any atom is -0.325 e. The molecule has 0 aliphatic heterocycles. The van der Waals surface area contributed by atoms with Crippen molar-refractivity contribution in [3.8, 4) is 0 Å². The Bertz CT molecular complexity index is 476. The van der Waals surface area contributed by atoms with Crippen LogP contribution >= 0.6 is 0 Å². The van der Waals surface area contributed by atoms with Gasteiger partial charge in [0.1, 0.15) is 0 Å². The zero-order chi connectivity index (χ0) is 14.0. The predicted octanol–water partition coefficient (Wildman–Crippen LogP) is 4.72. The van der Waals surface area contributed by atoms with Gasteiger partial charge in [-0.25, -0.2) is 0 Å². The van der Waals surface area contributed by atoms with Crippen molar-refractivity contribution in [1.29, 1.82) is 0 Å². The van der Waals surface area contributed by atoms with Crippen LogP contribution in [0.25, 0.3) is 0 Å². The third-order valence-electron chi connectivity index (χ3n) is 7.47. The highest BCUT2D eigenvalue weighted by molar-refractivity contribution is 5.91. The molecule has 1 heteroatoms. The molecular formula is C19H27O-. The molecule has 0 aromatic heterocycles. The summed E-state index contributed by atoms with van der Waals surface area (Å²) in [6.07, 6.45) is 14.6. The zero-order valence-corrected chi connectivity index (χ0v) is 13.0. The normalized spacial score (nSPS) is 51.0. The fraction of sp³-hybridized carbons (Fsp3) is 0.789. The van der Waals surface area contributed by atoms with E-state index in [1.54, 1.807) is 0 Å². The first-order valence-electron chi connectivity index (χ1n) is 8.60. The molecular weight excluding hydrogens is 244 g/mol. The first-order valence-corrected chi connectivity index (χ1v) is 8.60. The van der Waals surface area contributed by atoms with E-state index < -0.39 is 0 Å². The molecule has 20 heavy (non-hydrogen) atoms. The Morgan fingerprint density at radius 2 is 2.00 bits per heavy atom. The fourth-order valence-electron chi connectivity index (χ4n) is 6.23. The summed E-state index contributed by atoms with van der Waals surface area (Å²) in [4.78, 5) is 11.8. The lowest BCUT2D eigenvalue weighted by Crippen LogP contribution is -2.49. The maximum absolute atomic E-state index is 11.8. The number of carbonyl (C=O) groups is 1.